The van der Waals surface area contributed by atoms with Crippen LogP contribution in [0.1, 0.15) is 36.1 Å². The summed E-state index contributed by atoms with van der Waals surface area (Å²) in [7, 11) is 0. The van der Waals surface area contributed by atoms with Gasteiger partial charge in [-0.15, -0.1) is 11.3 Å². The Morgan fingerprint density at radius 1 is 1.39 bits per heavy atom. The summed E-state index contributed by atoms with van der Waals surface area (Å²) in [4.78, 5) is 24.3. The number of carbonyl (C=O) groups is 1. The summed E-state index contributed by atoms with van der Waals surface area (Å²) < 4.78 is 6.34. The van der Waals surface area contributed by atoms with E-state index in [9.17, 15) is 4.79 Å². The molecule has 150 valence electrons. The zero-order chi connectivity index (χ0) is 19.4. The number of hydrogen-bond donors (Lipinski definition) is 2. The lowest BCUT2D eigenvalue weighted by Crippen LogP contribution is -2.64. The first-order chi connectivity index (χ1) is 13.6. The number of anilines is 1. The molecule has 3 heterocycles. The highest BCUT2D eigenvalue weighted by Gasteiger charge is 2.45. The Morgan fingerprint density at radius 2 is 2.25 bits per heavy atom. The van der Waals surface area contributed by atoms with Crippen molar-refractivity contribution >= 4 is 23.2 Å². The molecule has 0 unspecified atom stereocenters. The summed E-state index contributed by atoms with van der Waals surface area (Å²) in [6, 6.07) is 4.05. The van der Waals surface area contributed by atoms with E-state index in [2.05, 4.69) is 20.2 Å². The van der Waals surface area contributed by atoms with Gasteiger partial charge in [-0.05, 0) is 24.3 Å². The first-order valence-corrected chi connectivity index (χ1v) is 10.8. The molecule has 2 fully saturated rings. The second kappa shape index (κ2) is 8.55. The average molecular weight is 402 g/mol. The summed E-state index contributed by atoms with van der Waals surface area (Å²) in [5.74, 6) is 0.379. The zero-order valence-electron chi connectivity index (χ0n) is 16.0. The minimum absolute atomic E-state index is 0.0548. The van der Waals surface area contributed by atoms with Gasteiger partial charge in [-0.3, -0.25) is 9.69 Å². The van der Waals surface area contributed by atoms with E-state index in [0.717, 1.165) is 55.8 Å². The lowest BCUT2D eigenvalue weighted by atomic mass is 9.78. The number of rotatable bonds is 5. The van der Waals surface area contributed by atoms with Crippen LogP contribution in [0, 0.1) is 0 Å². The highest BCUT2D eigenvalue weighted by molar-refractivity contribution is 7.10. The average Bonchev–Trinajstić information content (AvgIpc) is 3.19. The maximum atomic E-state index is 12.6. The molecule has 7 nitrogen and oxygen atoms in total. The van der Waals surface area contributed by atoms with Gasteiger partial charge in [-0.2, -0.15) is 0 Å². The van der Waals surface area contributed by atoms with Crippen molar-refractivity contribution in [3.8, 4) is 0 Å². The maximum absolute atomic E-state index is 12.6. The molecule has 1 spiro atoms. The quantitative estimate of drug-likeness (QED) is 0.796. The molecule has 1 aliphatic carbocycles. The van der Waals surface area contributed by atoms with E-state index in [1.165, 1.54) is 0 Å². The molecule has 4 rings (SSSR count). The number of morpholine rings is 1. The number of nitrogens with two attached hydrogens (primary N) is 1. The van der Waals surface area contributed by atoms with Crippen LogP contribution in [0.2, 0.25) is 0 Å². The van der Waals surface area contributed by atoms with Gasteiger partial charge < -0.3 is 15.8 Å². The second-order valence-corrected chi connectivity index (χ2v) is 8.73. The molecule has 1 saturated carbocycles. The summed E-state index contributed by atoms with van der Waals surface area (Å²) in [6.45, 7) is 3.11. The molecule has 2 aromatic rings. The summed E-state index contributed by atoms with van der Waals surface area (Å²) in [5, 5.41) is 5.29. The van der Waals surface area contributed by atoms with Crippen molar-refractivity contribution in [1.29, 1.82) is 0 Å². The van der Waals surface area contributed by atoms with Crippen LogP contribution in [0.5, 0.6) is 0 Å². The molecule has 0 aromatic carbocycles. The largest absolute Gasteiger partial charge is 0.370 e. The van der Waals surface area contributed by atoms with E-state index < -0.39 is 0 Å². The van der Waals surface area contributed by atoms with E-state index in [4.69, 9.17) is 10.5 Å². The van der Waals surface area contributed by atoms with E-state index >= 15 is 0 Å². The van der Waals surface area contributed by atoms with Crippen LogP contribution in [0.25, 0.3) is 0 Å². The number of nitrogens with one attached hydrogen (secondary N) is 1. The fraction of sp³-hybridized carbons (Fsp3) is 0.550. The van der Waals surface area contributed by atoms with Gasteiger partial charge in [-0.1, -0.05) is 18.9 Å². The lowest BCUT2D eigenvalue weighted by Gasteiger charge is -2.49. The molecule has 0 bridgehead atoms. The number of hydrogen-bond acceptors (Lipinski definition) is 7. The molecule has 1 aliphatic heterocycles. The van der Waals surface area contributed by atoms with Gasteiger partial charge in [0.2, 0.25) is 11.9 Å². The van der Waals surface area contributed by atoms with Gasteiger partial charge in [0.05, 0.1) is 19.1 Å². The number of amides is 1. The minimum atomic E-state index is -0.309. The van der Waals surface area contributed by atoms with Crippen LogP contribution < -0.4 is 11.1 Å². The summed E-state index contributed by atoms with van der Waals surface area (Å²) >= 11 is 1.62. The predicted molar refractivity (Wildman–Crippen MR) is 109 cm³/mol. The Bertz CT molecular complexity index is 778. The molecule has 3 N–H and O–H groups in total. The number of thiophene rings is 1. The Labute approximate surface area is 169 Å². The highest BCUT2D eigenvalue weighted by atomic mass is 32.1. The van der Waals surface area contributed by atoms with Gasteiger partial charge >= 0.3 is 0 Å². The SMILES string of the molecule is Nc1ncc(CN2CCO[C@]3(CCCC[C@H]3NC(=O)Cc3cccs3)C2)cn1. The molecule has 2 atom stereocenters. The van der Waals surface area contributed by atoms with Crippen molar-refractivity contribution in [2.75, 3.05) is 25.4 Å². The predicted octanol–water partition coefficient (Wildman–Crippen LogP) is 1.99. The van der Waals surface area contributed by atoms with Crippen molar-refractivity contribution in [2.45, 2.75) is 50.3 Å². The van der Waals surface area contributed by atoms with Gasteiger partial charge in [0, 0.05) is 42.5 Å². The normalized spacial score (nSPS) is 25.6. The Balaban J connectivity index is 1.42. The van der Waals surface area contributed by atoms with Crippen molar-refractivity contribution in [1.82, 2.24) is 20.2 Å². The molecule has 2 aromatic heterocycles. The van der Waals surface area contributed by atoms with Crippen LogP contribution in [0.3, 0.4) is 0 Å². The third kappa shape index (κ3) is 4.51. The number of aromatic nitrogens is 2. The third-order valence-corrected chi connectivity index (χ3v) is 6.52. The van der Waals surface area contributed by atoms with Gasteiger partial charge in [-0.25, -0.2) is 9.97 Å². The fourth-order valence-corrected chi connectivity index (χ4v) is 5.02. The zero-order valence-corrected chi connectivity index (χ0v) is 16.8. The maximum Gasteiger partial charge on any atom is 0.225 e. The minimum Gasteiger partial charge on any atom is -0.370 e. The number of nitrogen functional groups attached to an aromatic ring is 1. The van der Waals surface area contributed by atoms with E-state index in [-0.39, 0.29) is 17.6 Å². The number of nitrogens with zero attached hydrogens (tertiary/aromatic N) is 3. The standard InChI is InChI=1S/C20H27N5O2S/c21-19-22-11-15(12-23-19)13-25-7-8-27-20(14-25)6-2-1-5-17(20)24-18(26)10-16-4-3-9-28-16/h3-4,9,11-12,17H,1-2,5-8,10,13-14H2,(H,24,26)(H2,21,22,23)/t17-,20-/m1/s1. The topological polar surface area (TPSA) is 93.4 Å². The third-order valence-electron chi connectivity index (χ3n) is 5.65. The van der Waals surface area contributed by atoms with Gasteiger partial charge in [0.15, 0.2) is 0 Å². The Morgan fingerprint density at radius 3 is 3.04 bits per heavy atom. The number of ether oxygens (including phenoxy) is 1. The van der Waals surface area contributed by atoms with E-state index in [1.54, 1.807) is 23.7 Å². The smallest absolute Gasteiger partial charge is 0.225 e. The van der Waals surface area contributed by atoms with Crippen LogP contribution in [-0.4, -0.2) is 52.1 Å². The van der Waals surface area contributed by atoms with Crippen LogP contribution in [0.15, 0.2) is 29.9 Å². The molecule has 8 heteroatoms. The second-order valence-electron chi connectivity index (χ2n) is 7.70. The van der Waals surface area contributed by atoms with Crippen LogP contribution >= 0.6 is 11.3 Å². The first-order valence-electron chi connectivity index (χ1n) is 9.87. The monoisotopic (exact) mass is 401 g/mol. The number of carbonyl (C=O) groups excluding carboxylic acids is 1. The summed E-state index contributed by atoms with van der Waals surface area (Å²) in [6.07, 6.45) is 8.21. The Hall–Kier alpha value is -2.03. The molecule has 2 aliphatic rings. The first kappa shape index (κ1) is 19.3. The molecular weight excluding hydrogens is 374 g/mol. The van der Waals surface area contributed by atoms with Crippen LogP contribution in [0.4, 0.5) is 5.95 Å². The fourth-order valence-electron chi connectivity index (χ4n) is 4.31. The van der Waals surface area contributed by atoms with E-state index in [0.29, 0.717) is 19.0 Å². The van der Waals surface area contributed by atoms with Crippen molar-refractivity contribution in [2.24, 2.45) is 0 Å². The van der Waals surface area contributed by atoms with Crippen molar-refractivity contribution in [3.05, 3.63) is 40.3 Å². The molecule has 28 heavy (non-hydrogen) atoms. The molecule has 1 amide bonds. The highest BCUT2D eigenvalue weighted by Crippen LogP contribution is 2.35. The van der Waals surface area contributed by atoms with Crippen molar-refractivity contribution in [3.63, 3.8) is 0 Å². The van der Waals surface area contributed by atoms with E-state index in [1.807, 2.05) is 17.5 Å². The molecular formula is C20H27N5O2S. The molecule has 0 radical (unpaired) electrons. The molecule has 1 saturated heterocycles. The Kier molecular flexibility index (Phi) is 5.89. The summed E-state index contributed by atoms with van der Waals surface area (Å²) in [5.41, 5.74) is 6.32. The van der Waals surface area contributed by atoms with Crippen LogP contribution in [-0.2, 0) is 22.5 Å². The van der Waals surface area contributed by atoms with Crippen molar-refractivity contribution < 1.29 is 9.53 Å². The van der Waals surface area contributed by atoms with Gasteiger partial charge in [0.25, 0.3) is 0 Å². The van der Waals surface area contributed by atoms with Gasteiger partial charge in [0.1, 0.15) is 5.60 Å². The lowest BCUT2D eigenvalue weighted by molar-refractivity contribution is -0.151.